The van der Waals surface area contributed by atoms with E-state index in [1.165, 1.54) is 48.1 Å². The van der Waals surface area contributed by atoms with Crippen LogP contribution in [-0.4, -0.2) is 25.5 Å². The van der Waals surface area contributed by atoms with Gasteiger partial charge >= 0.3 is 0 Å². The quantitative estimate of drug-likeness (QED) is 0.847. The number of quaternary nitrogens is 1. The Morgan fingerprint density at radius 1 is 0.958 bits per heavy atom. The number of hydrogen-bond acceptors (Lipinski definition) is 1. The summed E-state index contributed by atoms with van der Waals surface area (Å²) in [5.74, 6) is 0.988. The average Bonchev–Trinajstić information content (AvgIpc) is 2.49. The highest BCUT2D eigenvalue weighted by atomic mass is 16.2. The van der Waals surface area contributed by atoms with E-state index in [4.69, 9.17) is 0 Å². The molecule has 0 aromatic heterocycles. The van der Waals surface area contributed by atoms with Crippen LogP contribution in [0.5, 0.6) is 0 Å². The van der Waals surface area contributed by atoms with Gasteiger partial charge in [-0.05, 0) is 48.6 Å². The zero-order chi connectivity index (χ0) is 17.5. The Kier molecular flexibility index (Phi) is 7.29. The van der Waals surface area contributed by atoms with E-state index in [9.17, 15) is 4.79 Å². The third-order valence-electron chi connectivity index (χ3n) is 5.11. The minimum atomic E-state index is 0.167. The predicted molar refractivity (Wildman–Crippen MR) is 102 cm³/mol. The van der Waals surface area contributed by atoms with Gasteiger partial charge in [-0.2, -0.15) is 0 Å². The number of anilines is 1. The number of amides is 1. The first kappa shape index (κ1) is 19.0. The standard InChI is InChI=1S/C21H34N2O/c1-16(2)18-11-10-12-19(17(3)4)21(18)22-20(24)15-23-13-8-6-5-7-9-14-23/h10-12,16-17H,5-9,13-15H2,1-4H3,(H,22,24)/p+1. The molecule has 1 fully saturated rings. The fourth-order valence-electron chi connectivity index (χ4n) is 3.69. The average molecular weight is 332 g/mol. The van der Waals surface area contributed by atoms with Gasteiger partial charge in [-0.15, -0.1) is 0 Å². The molecule has 1 heterocycles. The molecule has 1 aromatic rings. The van der Waals surface area contributed by atoms with Crippen molar-refractivity contribution in [3.05, 3.63) is 29.3 Å². The molecule has 1 aliphatic rings. The lowest BCUT2D eigenvalue weighted by Gasteiger charge is -2.23. The van der Waals surface area contributed by atoms with Crippen molar-refractivity contribution in [2.75, 3.05) is 25.0 Å². The smallest absolute Gasteiger partial charge is 0.279 e. The Labute approximate surface area is 147 Å². The number of hydrogen-bond donors (Lipinski definition) is 2. The Hall–Kier alpha value is -1.35. The number of carbonyl (C=O) groups is 1. The molecule has 3 heteroatoms. The van der Waals surface area contributed by atoms with Crippen molar-refractivity contribution in [3.8, 4) is 0 Å². The molecule has 1 aromatic carbocycles. The first-order valence-electron chi connectivity index (χ1n) is 9.75. The van der Waals surface area contributed by atoms with Gasteiger partial charge in [0.15, 0.2) is 6.54 Å². The Bertz CT molecular complexity index is 502. The maximum Gasteiger partial charge on any atom is 0.279 e. The molecule has 0 radical (unpaired) electrons. The van der Waals surface area contributed by atoms with Crippen LogP contribution < -0.4 is 10.2 Å². The summed E-state index contributed by atoms with van der Waals surface area (Å²) in [6.45, 7) is 11.6. The van der Waals surface area contributed by atoms with E-state index in [2.05, 4.69) is 51.2 Å². The number of likely N-dealkylation sites (tertiary alicyclic amines) is 1. The number of rotatable bonds is 5. The van der Waals surface area contributed by atoms with Gasteiger partial charge < -0.3 is 10.2 Å². The minimum absolute atomic E-state index is 0.167. The van der Waals surface area contributed by atoms with E-state index in [1.807, 2.05) is 0 Å². The third-order valence-corrected chi connectivity index (χ3v) is 5.11. The zero-order valence-corrected chi connectivity index (χ0v) is 16.0. The van der Waals surface area contributed by atoms with Gasteiger partial charge in [0.1, 0.15) is 0 Å². The predicted octanol–water partition coefficient (Wildman–Crippen LogP) is 3.72. The highest BCUT2D eigenvalue weighted by Crippen LogP contribution is 2.32. The van der Waals surface area contributed by atoms with E-state index in [1.54, 1.807) is 0 Å². The number of para-hydroxylation sites is 1. The highest BCUT2D eigenvalue weighted by Gasteiger charge is 2.19. The molecule has 0 spiro atoms. The summed E-state index contributed by atoms with van der Waals surface area (Å²) >= 11 is 0. The van der Waals surface area contributed by atoms with E-state index in [0.29, 0.717) is 18.4 Å². The van der Waals surface area contributed by atoms with E-state index in [0.717, 1.165) is 18.8 Å². The van der Waals surface area contributed by atoms with Crippen molar-refractivity contribution >= 4 is 11.6 Å². The summed E-state index contributed by atoms with van der Waals surface area (Å²) in [4.78, 5) is 14.1. The van der Waals surface area contributed by atoms with Crippen molar-refractivity contribution in [1.29, 1.82) is 0 Å². The first-order valence-corrected chi connectivity index (χ1v) is 9.75. The second kappa shape index (κ2) is 9.22. The lowest BCUT2D eigenvalue weighted by Crippen LogP contribution is -3.13. The summed E-state index contributed by atoms with van der Waals surface area (Å²) in [6.07, 6.45) is 6.50. The van der Waals surface area contributed by atoms with Crippen molar-refractivity contribution in [2.45, 2.75) is 71.6 Å². The van der Waals surface area contributed by atoms with E-state index in [-0.39, 0.29) is 5.91 Å². The Morgan fingerprint density at radius 3 is 1.96 bits per heavy atom. The lowest BCUT2D eigenvalue weighted by atomic mass is 9.92. The van der Waals surface area contributed by atoms with Gasteiger partial charge in [-0.3, -0.25) is 4.79 Å². The van der Waals surface area contributed by atoms with Crippen molar-refractivity contribution in [1.82, 2.24) is 0 Å². The first-order chi connectivity index (χ1) is 11.5. The SMILES string of the molecule is CC(C)c1cccc(C(C)C)c1NC(=O)C[NH+]1CCCCCCC1. The van der Waals surface area contributed by atoms with Crippen LogP contribution in [0.2, 0.25) is 0 Å². The fourth-order valence-corrected chi connectivity index (χ4v) is 3.69. The monoisotopic (exact) mass is 331 g/mol. The number of benzene rings is 1. The molecule has 0 saturated carbocycles. The van der Waals surface area contributed by atoms with Crippen molar-refractivity contribution in [2.24, 2.45) is 0 Å². The second-order valence-electron chi connectivity index (χ2n) is 7.86. The molecule has 2 N–H and O–H groups in total. The maximum atomic E-state index is 12.7. The summed E-state index contributed by atoms with van der Waals surface area (Å²) in [7, 11) is 0. The molecule has 0 atom stereocenters. The summed E-state index contributed by atoms with van der Waals surface area (Å²) in [5, 5.41) is 3.27. The minimum Gasteiger partial charge on any atom is -0.327 e. The highest BCUT2D eigenvalue weighted by molar-refractivity contribution is 5.93. The molecule has 1 aliphatic heterocycles. The van der Waals surface area contributed by atoms with Crippen LogP contribution in [0.15, 0.2) is 18.2 Å². The van der Waals surface area contributed by atoms with Crippen LogP contribution in [0.4, 0.5) is 5.69 Å². The van der Waals surface area contributed by atoms with Crippen LogP contribution in [0.25, 0.3) is 0 Å². The van der Waals surface area contributed by atoms with Gasteiger partial charge in [0, 0.05) is 5.69 Å². The van der Waals surface area contributed by atoms with Gasteiger partial charge in [0.25, 0.3) is 5.91 Å². The fraction of sp³-hybridized carbons (Fsp3) is 0.667. The molecule has 1 amide bonds. The van der Waals surface area contributed by atoms with Gasteiger partial charge in [0.2, 0.25) is 0 Å². The molecular weight excluding hydrogens is 296 g/mol. The largest absolute Gasteiger partial charge is 0.327 e. The van der Waals surface area contributed by atoms with E-state index >= 15 is 0 Å². The van der Waals surface area contributed by atoms with Crippen molar-refractivity contribution in [3.63, 3.8) is 0 Å². The van der Waals surface area contributed by atoms with Gasteiger partial charge in [-0.25, -0.2) is 0 Å². The van der Waals surface area contributed by atoms with Crippen LogP contribution in [0, 0.1) is 0 Å². The second-order valence-corrected chi connectivity index (χ2v) is 7.86. The summed E-state index contributed by atoms with van der Waals surface area (Å²) in [5.41, 5.74) is 3.55. The van der Waals surface area contributed by atoms with Gasteiger partial charge in [0.05, 0.1) is 13.1 Å². The normalized spacial score (nSPS) is 16.9. The van der Waals surface area contributed by atoms with Crippen LogP contribution >= 0.6 is 0 Å². The molecule has 1 saturated heterocycles. The lowest BCUT2D eigenvalue weighted by molar-refractivity contribution is -0.892. The van der Waals surface area contributed by atoms with Crippen LogP contribution in [0.1, 0.15) is 82.8 Å². The van der Waals surface area contributed by atoms with Crippen LogP contribution in [-0.2, 0) is 4.79 Å². The van der Waals surface area contributed by atoms with Crippen molar-refractivity contribution < 1.29 is 9.69 Å². The Balaban J connectivity index is 2.09. The molecular formula is C21H35N2O+. The zero-order valence-electron chi connectivity index (χ0n) is 16.0. The molecule has 24 heavy (non-hydrogen) atoms. The molecule has 0 unspecified atom stereocenters. The topological polar surface area (TPSA) is 33.5 Å². The molecule has 3 nitrogen and oxygen atoms in total. The Morgan fingerprint density at radius 2 is 1.46 bits per heavy atom. The third kappa shape index (κ3) is 5.34. The molecule has 0 aliphatic carbocycles. The van der Waals surface area contributed by atoms with E-state index < -0.39 is 0 Å². The molecule has 134 valence electrons. The maximum absolute atomic E-state index is 12.7. The summed E-state index contributed by atoms with van der Waals surface area (Å²) < 4.78 is 0. The summed E-state index contributed by atoms with van der Waals surface area (Å²) in [6, 6.07) is 6.41. The van der Waals surface area contributed by atoms with Gasteiger partial charge in [-0.1, -0.05) is 52.3 Å². The number of nitrogens with one attached hydrogen (secondary N) is 2. The molecule has 0 bridgehead atoms. The van der Waals surface area contributed by atoms with Crippen LogP contribution in [0.3, 0.4) is 0 Å². The number of carbonyl (C=O) groups excluding carboxylic acids is 1. The molecule has 2 rings (SSSR count).